The van der Waals surface area contributed by atoms with E-state index in [1.165, 1.54) is 0 Å². The van der Waals surface area contributed by atoms with Crippen LogP contribution >= 0.6 is 7.82 Å². The maximum Gasteiger partial charge on any atom is 0 e. The summed E-state index contributed by atoms with van der Waals surface area (Å²) in [4.78, 5) is 21.6. The summed E-state index contributed by atoms with van der Waals surface area (Å²) >= 11 is 0. The molecule has 0 aliphatic rings. The summed E-state index contributed by atoms with van der Waals surface area (Å²) < 4.78 is 8.88. The molecular formula is H4NaO4PY. The third-order valence-electron chi connectivity index (χ3n) is 0. The van der Waals surface area contributed by atoms with Crippen molar-refractivity contribution in [2.45, 2.75) is 0 Å². The molecule has 3 N–H and O–H groups in total. The van der Waals surface area contributed by atoms with Gasteiger partial charge in [0.1, 0.15) is 0 Å². The summed E-state index contributed by atoms with van der Waals surface area (Å²) in [5.41, 5.74) is 0. The quantitative estimate of drug-likeness (QED) is 0.333. The topological polar surface area (TPSA) is 77.8 Å². The van der Waals surface area contributed by atoms with Crippen LogP contribution in [-0.4, -0.2) is 44.2 Å². The molecule has 0 spiro atoms. The van der Waals surface area contributed by atoms with Gasteiger partial charge in [-0.1, -0.05) is 0 Å². The second kappa shape index (κ2) is 6.34. The van der Waals surface area contributed by atoms with Gasteiger partial charge < -0.3 is 14.7 Å². The molecule has 7 heavy (non-hydrogen) atoms. The number of rotatable bonds is 0. The van der Waals surface area contributed by atoms with Gasteiger partial charge in [0.15, 0.2) is 0 Å². The van der Waals surface area contributed by atoms with E-state index in [9.17, 15) is 0 Å². The van der Waals surface area contributed by atoms with Crippen LogP contribution in [0.5, 0.6) is 0 Å². The van der Waals surface area contributed by atoms with Gasteiger partial charge in [0.2, 0.25) is 0 Å². The molecular weight excluding hydrogens is 207 g/mol. The van der Waals surface area contributed by atoms with Crippen LogP contribution in [0.15, 0.2) is 0 Å². The Balaban J connectivity index is -0.0000000800. The van der Waals surface area contributed by atoms with Gasteiger partial charge in [-0.05, 0) is 0 Å². The summed E-state index contributed by atoms with van der Waals surface area (Å²) in [6.07, 6.45) is 0. The molecule has 0 aromatic heterocycles. The van der Waals surface area contributed by atoms with E-state index < -0.39 is 7.82 Å². The minimum atomic E-state index is -4.64. The van der Waals surface area contributed by atoms with Crippen LogP contribution in [0.25, 0.3) is 0 Å². The van der Waals surface area contributed by atoms with Crippen LogP contribution in [0.3, 0.4) is 0 Å². The molecule has 0 aromatic rings. The first-order valence-corrected chi connectivity index (χ1v) is 2.35. The Labute approximate surface area is 88.1 Å². The van der Waals surface area contributed by atoms with Crippen LogP contribution in [0, 0.1) is 0 Å². The van der Waals surface area contributed by atoms with Crippen LogP contribution in [0.4, 0.5) is 0 Å². The Morgan fingerprint density at radius 3 is 1.14 bits per heavy atom. The van der Waals surface area contributed by atoms with Gasteiger partial charge in [-0.15, -0.1) is 0 Å². The van der Waals surface area contributed by atoms with Gasteiger partial charge in [0.05, 0.1) is 0 Å². The van der Waals surface area contributed by atoms with Crippen molar-refractivity contribution >= 4 is 37.4 Å². The molecule has 1 radical (unpaired) electrons. The summed E-state index contributed by atoms with van der Waals surface area (Å²) in [5, 5.41) is 0. The molecule has 0 aliphatic carbocycles. The molecule has 0 aromatic carbocycles. The first-order valence-electron chi connectivity index (χ1n) is 0.783. The summed E-state index contributed by atoms with van der Waals surface area (Å²) in [7, 11) is -4.64. The normalized spacial score (nSPS) is 8.43. The Kier molecular flexibility index (Phi) is 14.6. The van der Waals surface area contributed by atoms with Crippen LogP contribution < -0.4 is 0 Å². The van der Waals surface area contributed by atoms with Gasteiger partial charge >= 0.3 is 37.4 Å². The summed E-state index contributed by atoms with van der Waals surface area (Å²) in [5.74, 6) is 0. The average molecular weight is 211 g/mol. The van der Waals surface area contributed by atoms with E-state index in [1.54, 1.807) is 0 Å². The average Bonchev–Trinajstić information content (AvgIpc) is 0.722. The molecule has 37 valence electrons. The van der Waals surface area contributed by atoms with Crippen molar-refractivity contribution in [3.8, 4) is 0 Å². The van der Waals surface area contributed by atoms with Crippen LogP contribution in [0.1, 0.15) is 0 Å². The second-order valence-corrected chi connectivity index (χ2v) is 1.54. The fourth-order valence-corrected chi connectivity index (χ4v) is 0. The first-order chi connectivity index (χ1) is 2.00. The SMILES string of the molecule is O=P(O)(O)O.[NaH].[Y]. The van der Waals surface area contributed by atoms with E-state index in [4.69, 9.17) is 19.2 Å². The van der Waals surface area contributed by atoms with Crippen molar-refractivity contribution in [3.63, 3.8) is 0 Å². The first kappa shape index (κ1) is 16.1. The van der Waals surface area contributed by atoms with E-state index in [-0.39, 0.29) is 62.3 Å². The molecule has 0 amide bonds. The van der Waals surface area contributed by atoms with Crippen molar-refractivity contribution in [3.05, 3.63) is 0 Å². The zero-order valence-corrected chi connectivity index (χ0v) is 6.51. The monoisotopic (exact) mass is 211 g/mol. The zero-order chi connectivity index (χ0) is 4.50. The molecule has 0 rings (SSSR count). The molecule has 7 heteroatoms. The van der Waals surface area contributed by atoms with Crippen LogP contribution in [-0.2, 0) is 37.3 Å². The third-order valence-corrected chi connectivity index (χ3v) is 0. The van der Waals surface area contributed by atoms with E-state index in [1.807, 2.05) is 0 Å². The van der Waals surface area contributed by atoms with Gasteiger partial charge in [-0.25, -0.2) is 4.57 Å². The van der Waals surface area contributed by atoms with Crippen molar-refractivity contribution in [1.82, 2.24) is 0 Å². The molecule has 0 saturated carbocycles. The van der Waals surface area contributed by atoms with Crippen molar-refractivity contribution < 1.29 is 52.0 Å². The van der Waals surface area contributed by atoms with Crippen LogP contribution in [0.2, 0.25) is 0 Å². The van der Waals surface area contributed by atoms with Crippen molar-refractivity contribution in [1.29, 1.82) is 0 Å². The Hall–Kier alpha value is 2.21. The summed E-state index contributed by atoms with van der Waals surface area (Å²) in [6, 6.07) is 0. The van der Waals surface area contributed by atoms with Crippen molar-refractivity contribution in [2.24, 2.45) is 0 Å². The van der Waals surface area contributed by atoms with E-state index in [0.29, 0.717) is 0 Å². The fraction of sp³-hybridized carbons (Fsp3) is 0. The molecule has 0 saturated heterocycles. The van der Waals surface area contributed by atoms with Crippen molar-refractivity contribution in [2.75, 3.05) is 0 Å². The number of phosphoric acid groups is 1. The fourth-order valence-electron chi connectivity index (χ4n) is 0. The molecule has 4 nitrogen and oxygen atoms in total. The molecule has 0 atom stereocenters. The smallest absolute Gasteiger partial charge is 0 e. The third kappa shape index (κ3) is 64.7. The second-order valence-electron chi connectivity index (χ2n) is 0.513. The van der Waals surface area contributed by atoms with Gasteiger partial charge in [0.25, 0.3) is 0 Å². The molecule has 0 fully saturated rings. The van der Waals surface area contributed by atoms with E-state index in [2.05, 4.69) is 0 Å². The maximum atomic E-state index is 8.88. The van der Waals surface area contributed by atoms with Gasteiger partial charge in [0, 0.05) is 32.7 Å². The van der Waals surface area contributed by atoms with Gasteiger partial charge in [-0.2, -0.15) is 0 Å². The number of hydrogen-bond donors (Lipinski definition) is 3. The minimum absolute atomic E-state index is 0. The zero-order valence-electron chi connectivity index (χ0n) is 2.77. The molecule has 0 unspecified atom stereocenters. The number of hydrogen-bond acceptors (Lipinski definition) is 1. The predicted molar refractivity (Wildman–Crippen MR) is 21.4 cm³/mol. The molecule has 0 bridgehead atoms. The Morgan fingerprint density at radius 2 is 1.14 bits per heavy atom. The maximum absolute atomic E-state index is 8.88. The summed E-state index contributed by atoms with van der Waals surface area (Å²) in [6.45, 7) is 0. The van der Waals surface area contributed by atoms with Gasteiger partial charge in [-0.3, -0.25) is 0 Å². The largest absolute Gasteiger partial charge is 0 e. The standard InChI is InChI=1S/Na.H3O4P.Y.H/c;1-5(2,3)4;;/h;(H3,1,2,3,4);;. The predicted octanol–water partition coefficient (Wildman–Crippen LogP) is -1.58. The van der Waals surface area contributed by atoms with E-state index >= 15 is 0 Å². The minimum Gasteiger partial charge on any atom is 0 e. The van der Waals surface area contributed by atoms with E-state index in [0.717, 1.165) is 0 Å². The molecule has 0 aliphatic heterocycles. The Morgan fingerprint density at radius 1 is 1.14 bits per heavy atom. The molecule has 0 heterocycles. The Bertz CT molecular complexity index is 57.8.